The highest BCUT2D eigenvalue weighted by atomic mass is 16.7. The molecule has 0 aromatic rings. The lowest BCUT2D eigenvalue weighted by molar-refractivity contribution is -0.164. The molecule has 5 heteroatoms. The van der Waals surface area contributed by atoms with Crippen molar-refractivity contribution in [2.45, 2.75) is 44.9 Å². The molecule has 1 saturated heterocycles. The molecular weight excluding hydrogens is 188 g/mol. The van der Waals surface area contributed by atoms with E-state index in [1.54, 1.807) is 13.8 Å². The van der Waals surface area contributed by atoms with Crippen molar-refractivity contribution in [3.05, 3.63) is 0 Å². The monoisotopic (exact) mass is 204 g/mol. The lowest BCUT2D eigenvalue weighted by Gasteiger charge is -2.22. The van der Waals surface area contributed by atoms with E-state index < -0.39 is 29.9 Å². The Hall–Kier alpha value is -0.490. The van der Waals surface area contributed by atoms with E-state index in [4.69, 9.17) is 9.47 Å². The molecule has 1 heterocycles. The Labute approximate surface area is 82.6 Å². The van der Waals surface area contributed by atoms with Crippen molar-refractivity contribution in [2.75, 3.05) is 6.61 Å². The maximum Gasteiger partial charge on any atom is 0.163 e. The summed E-state index contributed by atoms with van der Waals surface area (Å²) in [7, 11) is 0. The number of ketones is 1. The second-order valence-electron chi connectivity index (χ2n) is 3.91. The van der Waals surface area contributed by atoms with Gasteiger partial charge in [0.1, 0.15) is 18.3 Å². The van der Waals surface area contributed by atoms with Crippen LogP contribution in [0.3, 0.4) is 0 Å². The van der Waals surface area contributed by atoms with Gasteiger partial charge in [0.15, 0.2) is 11.6 Å². The first-order valence-corrected chi connectivity index (χ1v) is 4.52. The normalized spacial score (nSPS) is 29.9. The van der Waals surface area contributed by atoms with Crippen LogP contribution >= 0.6 is 0 Å². The summed E-state index contributed by atoms with van der Waals surface area (Å²) in [5.74, 6) is -1.24. The van der Waals surface area contributed by atoms with Gasteiger partial charge in [-0.05, 0) is 20.8 Å². The second-order valence-corrected chi connectivity index (χ2v) is 3.91. The van der Waals surface area contributed by atoms with Crippen molar-refractivity contribution in [3.8, 4) is 0 Å². The Morgan fingerprint density at radius 1 is 1.50 bits per heavy atom. The van der Waals surface area contributed by atoms with E-state index in [0.717, 1.165) is 0 Å². The number of ether oxygens (including phenoxy) is 2. The number of aliphatic hydroxyl groups is 2. The molecule has 1 aliphatic rings. The summed E-state index contributed by atoms with van der Waals surface area (Å²) >= 11 is 0. The van der Waals surface area contributed by atoms with Crippen molar-refractivity contribution < 1.29 is 24.5 Å². The zero-order valence-electron chi connectivity index (χ0n) is 8.56. The Bertz CT molecular complexity index is 225. The summed E-state index contributed by atoms with van der Waals surface area (Å²) in [6.07, 6.45) is -3.28. The van der Waals surface area contributed by atoms with Gasteiger partial charge in [-0.2, -0.15) is 0 Å². The van der Waals surface area contributed by atoms with E-state index >= 15 is 0 Å². The van der Waals surface area contributed by atoms with E-state index in [2.05, 4.69) is 0 Å². The maximum atomic E-state index is 10.8. The van der Waals surface area contributed by atoms with Crippen LogP contribution in [0.5, 0.6) is 0 Å². The average molecular weight is 204 g/mol. The fourth-order valence-corrected chi connectivity index (χ4v) is 1.33. The van der Waals surface area contributed by atoms with Crippen molar-refractivity contribution in [1.82, 2.24) is 0 Å². The summed E-state index contributed by atoms with van der Waals surface area (Å²) in [5, 5.41) is 18.8. The number of carbonyl (C=O) groups is 1. The first-order valence-electron chi connectivity index (χ1n) is 4.52. The molecule has 14 heavy (non-hydrogen) atoms. The molecule has 82 valence electrons. The Morgan fingerprint density at radius 3 is 2.43 bits per heavy atom. The van der Waals surface area contributed by atoms with Gasteiger partial charge in [-0.3, -0.25) is 4.79 Å². The third-order valence-electron chi connectivity index (χ3n) is 2.15. The van der Waals surface area contributed by atoms with Crippen molar-refractivity contribution in [3.63, 3.8) is 0 Å². The van der Waals surface area contributed by atoms with Gasteiger partial charge in [-0.1, -0.05) is 0 Å². The molecule has 0 bridgehead atoms. The van der Waals surface area contributed by atoms with Crippen LogP contribution in [0.4, 0.5) is 0 Å². The predicted octanol–water partition coefficient (Wildman–Crippen LogP) is -0.551. The quantitative estimate of drug-likeness (QED) is 0.645. The van der Waals surface area contributed by atoms with Crippen LogP contribution in [0.1, 0.15) is 20.8 Å². The van der Waals surface area contributed by atoms with Crippen LogP contribution in [0.25, 0.3) is 0 Å². The highest BCUT2D eigenvalue weighted by Gasteiger charge is 2.40. The fourth-order valence-electron chi connectivity index (χ4n) is 1.33. The highest BCUT2D eigenvalue weighted by molar-refractivity contribution is 5.80. The minimum atomic E-state index is -1.41. The first kappa shape index (κ1) is 11.6. The molecule has 0 unspecified atom stereocenters. The van der Waals surface area contributed by atoms with E-state index in [9.17, 15) is 15.0 Å². The summed E-state index contributed by atoms with van der Waals surface area (Å²) in [5.41, 5.74) is 0. The van der Waals surface area contributed by atoms with Crippen LogP contribution in [0, 0.1) is 0 Å². The van der Waals surface area contributed by atoms with Gasteiger partial charge in [0.05, 0.1) is 6.61 Å². The maximum absolute atomic E-state index is 10.8. The highest BCUT2D eigenvalue weighted by Crippen LogP contribution is 2.25. The van der Waals surface area contributed by atoms with Gasteiger partial charge in [0.25, 0.3) is 0 Å². The van der Waals surface area contributed by atoms with Crippen molar-refractivity contribution >= 4 is 5.78 Å². The Morgan fingerprint density at radius 2 is 2.07 bits per heavy atom. The molecule has 1 fully saturated rings. The summed E-state index contributed by atoms with van der Waals surface area (Å²) in [6.45, 7) is 4.81. The predicted molar refractivity (Wildman–Crippen MR) is 47.6 cm³/mol. The van der Waals surface area contributed by atoms with Crippen LogP contribution in [-0.4, -0.2) is 46.7 Å². The van der Waals surface area contributed by atoms with Gasteiger partial charge < -0.3 is 19.7 Å². The second kappa shape index (κ2) is 3.94. The summed E-state index contributed by atoms with van der Waals surface area (Å²) in [4.78, 5) is 10.8. The number of hydrogen-bond acceptors (Lipinski definition) is 5. The molecular formula is C9H16O5. The van der Waals surface area contributed by atoms with Gasteiger partial charge in [-0.25, -0.2) is 0 Å². The molecule has 0 spiro atoms. The number of rotatable bonds is 3. The standard InChI is InChI=1S/C9H16O5/c1-5(10)7(11)8(12)6-4-13-9(2,3)14-6/h6-8,11-12H,4H2,1-3H3/t6-,7-,8+/m1/s1. The Kier molecular flexibility index (Phi) is 3.26. The number of carbonyl (C=O) groups excluding carboxylic acids is 1. The van der Waals surface area contributed by atoms with Crippen LogP contribution in [-0.2, 0) is 14.3 Å². The van der Waals surface area contributed by atoms with E-state index in [1.165, 1.54) is 6.92 Å². The minimum absolute atomic E-state index is 0.179. The smallest absolute Gasteiger partial charge is 0.163 e. The molecule has 0 saturated carbocycles. The molecule has 0 amide bonds. The molecule has 0 aliphatic carbocycles. The van der Waals surface area contributed by atoms with Crippen LogP contribution in [0.15, 0.2) is 0 Å². The molecule has 1 aliphatic heterocycles. The fraction of sp³-hybridized carbons (Fsp3) is 0.889. The van der Waals surface area contributed by atoms with Crippen LogP contribution < -0.4 is 0 Å². The molecule has 1 rings (SSSR count). The van der Waals surface area contributed by atoms with Gasteiger partial charge >= 0.3 is 0 Å². The van der Waals surface area contributed by atoms with E-state index in [0.29, 0.717) is 0 Å². The molecule has 0 aromatic carbocycles. The zero-order valence-corrected chi connectivity index (χ0v) is 8.56. The lowest BCUT2D eigenvalue weighted by atomic mass is 10.1. The summed E-state index contributed by atoms with van der Waals surface area (Å²) < 4.78 is 10.5. The first-order chi connectivity index (χ1) is 6.33. The van der Waals surface area contributed by atoms with Gasteiger partial charge in [-0.15, -0.1) is 0 Å². The zero-order chi connectivity index (χ0) is 10.9. The molecule has 0 aromatic heterocycles. The number of Topliss-reactive ketones (excluding diaryl/α,β-unsaturated/α-hetero) is 1. The minimum Gasteiger partial charge on any atom is -0.387 e. The largest absolute Gasteiger partial charge is 0.387 e. The van der Waals surface area contributed by atoms with Crippen LogP contribution in [0.2, 0.25) is 0 Å². The van der Waals surface area contributed by atoms with Gasteiger partial charge in [0.2, 0.25) is 0 Å². The topological polar surface area (TPSA) is 76.0 Å². The molecule has 5 nitrogen and oxygen atoms in total. The number of hydrogen-bond donors (Lipinski definition) is 2. The average Bonchev–Trinajstić information content (AvgIpc) is 2.43. The van der Waals surface area contributed by atoms with Crippen molar-refractivity contribution in [2.24, 2.45) is 0 Å². The SMILES string of the molecule is CC(=O)[C@@H](O)[C@@H](O)[C@H]1COC(C)(C)O1. The molecule has 3 atom stereocenters. The number of aliphatic hydroxyl groups excluding tert-OH is 2. The third-order valence-corrected chi connectivity index (χ3v) is 2.15. The van der Waals surface area contributed by atoms with Gasteiger partial charge in [0, 0.05) is 0 Å². The summed E-state index contributed by atoms with van der Waals surface area (Å²) in [6, 6.07) is 0. The molecule has 2 N–H and O–H groups in total. The van der Waals surface area contributed by atoms with E-state index in [1.807, 2.05) is 0 Å². The third kappa shape index (κ3) is 2.51. The Balaban J connectivity index is 2.55. The van der Waals surface area contributed by atoms with Crippen molar-refractivity contribution in [1.29, 1.82) is 0 Å². The van der Waals surface area contributed by atoms with E-state index in [-0.39, 0.29) is 6.61 Å². The lowest BCUT2D eigenvalue weighted by Crippen LogP contribution is -2.43. The molecule has 0 radical (unpaired) electrons.